The van der Waals surface area contributed by atoms with Crippen LogP contribution in [0.3, 0.4) is 0 Å². The summed E-state index contributed by atoms with van der Waals surface area (Å²) in [6.07, 6.45) is 3.87. The minimum absolute atomic E-state index is 0.127. The molecule has 19 heavy (non-hydrogen) atoms. The summed E-state index contributed by atoms with van der Waals surface area (Å²) in [5.41, 5.74) is 6.54. The van der Waals surface area contributed by atoms with Crippen molar-refractivity contribution in [2.24, 2.45) is 11.7 Å². The molecule has 0 bridgehead atoms. The van der Waals surface area contributed by atoms with Gasteiger partial charge in [-0.25, -0.2) is 12.7 Å². The molecule has 0 aromatic carbocycles. The minimum atomic E-state index is -3.22. The zero-order chi connectivity index (χ0) is 14.3. The van der Waals surface area contributed by atoms with E-state index in [1.807, 2.05) is 26.0 Å². The molecular formula is C13H23N3O2S. The Bertz CT molecular complexity index is 462. The molecule has 108 valence electrons. The second-order valence-electron chi connectivity index (χ2n) is 4.71. The van der Waals surface area contributed by atoms with E-state index in [0.29, 0.717) is 26.1 Å². The molecule has 0 radical (unpaired) electrons. The van der Waals surface area contributed by atoms with Crippen LogP contribution >= 0.6 is 0 Å². The van der Waals surface area contributed by atoms with Crippen molar-refractivity contribution in [3.05, 3.63) is 30.1 Å². The van der Waals surface area contributed by atoms with Gasteiger partial charge in [-0.2, -0.15) is 0 Å². The van der Waals surface area contributed by atoms with E-state index in [2.05, 4.69) is 4.98 Å². The summed E-state index contributed by atoms with van der Waals surface area (Å²) < 4.78 is 26.0. The number of nitrogens with zero attached hydrogens (tertiary/aromatic N) is 2. The molecule has 0 fully saturated rings. The predicted octanol–water partition coefficient (Wildman–Crippen LogP) is 0.871. The van der Waals surface area contributed by atoms with E-state index in [9.17, 15) is 8.42 Å². The van der Waals surface area contributed by atoms with Crippen LogP contribution in [0.2, 0.25) is 0 Å². The summed E-state index contributed by atoms with van der Waals surface area (Å²) in [7, 11) is -3.22. The fraction of sp³-hybridized carbons (Fsp3) is 0.615. The summed E-state index contributed by atoms with van der Waals surface area (Å²) in [5, 5.41) is 0. The highest BCUT2D eigenvalue weighted by Gasteiger charge is 2.21. The maximum absolute atomic E-state index is 12.3. The van der Waals surface area contributed by atoms with Crippen molar-refractivity contribution in [2.45, 2.75) is 20.3 Å². The fourth-order valence-corrected chi connectivity index (χ4v) is 3.41. The highest BCUT2D eigenvalue weighted by Crippen LogP contribution is 2.08. The Labute approximate surface area is 115 Å². The molecule has 5 nitrogen and oxygen atoms in total. The van der Waals surface area contributed by atoms with Crippen LogP contribution in [0.1, 0.15) is 19.4 Å². The number of aromatic nitrogens is 1. The van der Waals surface area contributed by atoms with Crippen molar-refractivity contribution >= 4 is 10.0 Å². The van der Waals surface area contributed by atoms with Crippen LogP contribution < -0.4 is 5.73 Å². The molecular weight excluding hydrogens is 262 g/mol. The molecule has 0 aliphatic carbocycles. The molecule has 0 aliphatic rings. The molecule has 1 heterocycles. The van der Waals surface area contributed by atoms with Crippen LogP contribution in [0.25, 0.3) is 0 Å². The van der Waals surface area contributed by atoms with Crippen LogP contribution in [-0.4, -0.2) is 43.1 Å². The van der Waals surface area contributed by atoms with Gasteiger partial charge < -0.3 is 5.73 Å². The van der Waals surface area contributed by atoms with E-state index < -0.39 is 10.0 Å². The van der Waals surface area contributed by atoms with E-state index >= 15 is 0 Å². The summed E-state index contributed by atoms with van der Waals surface area (Å²) in [6.45, 7) is 5.29. The van der Waals surface area contributed by atoms with Gasteiger partial charge in [0.25, 0.3) is 0 Å². The van der Waals surface area contributed by atoms with E-state index in [0.717, 1.165) is 5.56 Å². The molecule has 1 unspecified atom stereocenters. The van der Waals surface area contributed by atoms with Gasteiger partial charge in [-0.15, -0.1) is 0 Å². The van der Waals surface area contributed by atoms with E-state index in [4.69, 9.17) is 5.73 Å². The summed E-state index contributed by atoms with van der Waals surface area (Å²) in [4.78, 5) is 3.92. The average Bonchev–Trinajstić information content (AvgIpc) is 2.43. The molecule has 0 spiro atoms. The first-order valence-corrected chi connectivity index (χ1v) is 8.17. The Balaban J connectivity index is 2.63. The van der Waals surface area contributed by atoms with Gasteiger partial charge in [-0.05, 0) is 36.6 Å². The number of pyridine rings is 1. The lowest BCUT2D eigenvalue weighted by Gasteiger charge is -2.23. The first-order chi connectivity index (χ1) is 8.99. The highest BCUT2D eigenvalue weighted by atomic mass is 32.2. The second-order valence-corrected chi connectivity index (χ2v) is 6.80. The van der Waals surface area contributed by atoms with Crippen molar-refractivity contribution in [2.75, 3.05) is 25.4 Å². The van der Waals surface area contributed by atoms with Crippen molar-refractivity contribution in [1.82, 2.24) is 9.29 Å². The van der Waals surface area contributed by atoms with Crippen LogP contribution in [0.15, 0.2) is 24.5 Å². The Morgan fingerprint density at radius 3 is 2.53 bits per heavy atom. The quantitative estimate of drug-likeness (QED) is 0.769. The maximum Gasteiger partial charge on any atom is 0.214 e. The minimum Gasteiger partial charge on any atom is -0.330 e. The van der Waals surface area contributed by atoms with Crippen molar-refractivity contribution in [1.29, 1.82) is 0 Å². The van der Waals surface area contributed by atoms with Gasteiger partial charge in [0.1, 0.15) is 0 Å². The maximum atomic E-state index is 12.3. The van der Waals surface area contributed by atoms with Crippen molar-refractivity contribution < 1.29 is 8.42 Å². The van der Waals surface area contributed by atoms with Crippen LogP contribution in [0, 0.1) is 5.92 Å². The Kier molecular flexibility index (Phi) is 6.41. The first-order valence-electron chi connectivity index (χ1n) is 6.56. The van der Waals surface area contributed by atoms with Gasteiger partial charge in [0, 0.05) is 25.5 Å². The molecule has 6 heteroatoms. The van der Waals surface area contributed by atoms with Crippen molar-refractivity contribution in [3.63, 3.8) is 0 Å². The number of sulfonamides is 1. The molecule has 0 amide bonds. The number of rotatable bonds is 8. The van der Waals surface area contributed by atoms with Gasteiger partial charge in [0.05, 0.1) is 5.75 Å². The molecule has 0 saturated carbocycles. The molecule has 1 aromatic heterocycles. The standard InChI is InChI=1S/C13H23N3O2S/c1-3-16(11-12(2)10-14)19(17,18)9-6-13-4-7-15-8-5-13/h4-5,7-8,12H,3,6,9-11,14H2,1-2H3. The third kappa shape index (κ3) is 5.26. The van der Waals surface area contributed by atoms with Gasteiger partial charge in [0.2, 0.25) is 10.0 Å². The first kappa shape index (κ1) is 16.1. The topological polar surface area (TPSA) is 76.3 Å². The number of hydrogen-bond acceptors (Lipinski definition) is 4. The second kappa shape index (κ2) is 7.57. The van der Waals surface area contributed by atoms with Gasteiger partial charge in [-0.1, -0.05) is 13.8 Å². The van der Waals surface area contributed by atoms with Gasteiger partial charge in [0.15, 0.2) is 0 Å². The number of nitrogens with two attached hydrogens (primary N) is 1. The smallest absolute Gasteiger partial charge is 0.214 e. The third-order valence-corrected chi connectivity index (χ3v) is 4.98. The summed E-state index contributed by atoms with van der Waals surface area (Å²) in [5.74, 6) is 0.304. The largest absolute Gasteiger partial charge is 0.330 e. The lowest BCUT2D eigenvalue weighted by atomic mass is 10.2. The normalized spacial score (nSPS) is 13.7. The lowest BCUT2D eigenvalue weighted by molar-refractivity contribution is 0.371. The Morgan fingerprint density at radius 2 is 2.00 bits per heavy atom. The van der Waals surface area contributed by atoms with E-state index in [1.165, 1.54) is 4.31 Å². The Hall–Kier alpha value is -0.980. The number of aryl methyl sites for hydroxylation is 1. The monoisotopic (exact) mass is 285 g/mol. The molecule has 1 atom stereocenters. The molecule has 1 rings (SSSR count). The molecule has 0 aliphatic heterocycles. The highest BCUT2D eigenvalue weighted by molar-refractivity contribution is 7.89. The van der Waals surface area contributed by atoms with Gasteiger partial charge >= 0.3 is 0 Å². The predicted molar refractivity (Wildman–Crippen MR) is 77.2 cm³/mol. The van der Waals surface area contributed by atoms with E-state index in [-0.39, 0.29) is 11.7 Å². The van der Waals surface area contributed by atoms with Crippen molar-refractivity contribution in [3.8, 4) is 0 Å². The summed E-state index contributed by atoms with van der Waals surface area (Å²) in [6, 6.07) is 3.68. The zero-order valence-corrected chi connectivity index (χ0v) is 12.4. The van der Waals surface area contributed by atoms with Crippen LogP contribution in [0.4, 0.5) is 0 Å². The van der Waals surface area contributed by atoms with Crippen LogP contribution in [0.5, 0.6) is 0 Å². The number of hydrogen-bond donors (Lipinski definition) is 1. The fourth-order valence-electron chi connectivity index (χ4n) is 1.79. The Morgan fingerprint density at radius 1 is 1.37 bits per heavy atom. The average molecular weight is 285 g/mol. The molecule has 0 saturated heterocycles. The van der Waals surface area contributed by atoms with Crippen LogP contribution in [-0.2, 0) is 16.4 Å². The SMILES string of the molecule is CCN(CC(C)CN)S(=O)(=O)CCc1ccncc1. The van der Waals surface area contributed by atoms with E-state index in [1.54, 1.807) is 12.4 Å². The zero-order valence-electron chi connectivity index (χ0n) is 11.6. The van der Waals surface area contributed by atoms with Gasteiger partial charge in [-0.3, -0.25) is 4.98 Å². The molecule has 1 aromatic rings. The molecule has 2 N–H and O–H groups in total. The lowest BCUT2D eigenvalue weighted by Crippen LogP contribution is -2.38. The summed E-state index contributed by atoms with van der Waals surface area (Å²) >= 11 is 0. The third-order valence-electron chi connectivity index (χ3n) is 3.06.